The normalized spacial score (nSPS) is 9.94. The van der Waals surface area contributed by atoms with Crippen molar-refractivity contribution in [3.8, 4) is 0 Å². The second-order valence-corrected chi connectivity index (χ2v) is 4.43. The lowest BCUT2D eigenvalue weighted by Gasteiger charge is -2.06. The summed E-state index contributed by atoms with van der Waals surface area (Å²) in [6, 6.07) is 14.4. The summed E-state index contributed by atoms with van der Waals surface area (Å²) >= 11 is 3.36. The van der Waals surface area contributed by atoms with E-state index in [1.807, 2.05) is 24.3 Å². The van der Waals surface area contributed by atoms with Gasteiger partial charge in [0.25, 0.3) is 0 Å². The zero-order chi connectivity index (χ0) is 12.3. The van der Waals surface area contributed by atoms with Crippen LogP contribution in [-0.4, -0.2) is 11.1 Å². The fourth-order valence-corrected chi connectivity index (χ4v) is 1.66. The van der Waals surface area contributed by atoms with E-state index in [1.165, 1.54) is 0 Å². The molecule has 86 valence electrons. The zero-order valence-electron chi connectivity index (χ0n) is 8.85. The summed E-state index contributed by atoms with van der Waals surface area (Å²) < 4.78 is 1.02. The van der Waals surface area contributed by atoms with Gasteiger partial charge in [-0.25, -0.2) is 4.79 Å². The number of rotatable bonds is 3. The lowest BCUT2D eigenvalue weighted by molar-refractivity contribution is 0.0697. The predicted molar refractivity (Wildman–Crippen MR) is 70.8 cm³/mol. The van der Waals surface area contributed by atoms with Gasteiger partial charge in [0.1, 0.15) is 0 Å². The molecule has 2 aromatic carbocycles. The number of benzene rings is 2. The molecule has 0 saturated heterocycles. The van der Waals surface area contributed by atoms with E-state index in [2.05, 4.69) is 21.2 Å². The Morgan fingerprint density at radius 2 is 1.41 bits per heavy atom. The molecular formula is C13H10BrNO2. The van der Waals surface area contributed by atoms with Crippen LogP contribution in [0.1, 0.15) is 10.4 Å². The second kappa shape index (κ2) is 5.01. The molecule has 0 aliphatic heterocycles. The van der Waals surface area contributed by atoms with Crippen LogP contribution in [0.4, 0.5) is 11.4 Å². The number of hydrogen-bond donors (Lipinski definition) is 2. The van der Waals surface area contributed by atoms with Crippen LogP contribution in [0.25, 0.3) is 0 Å². The van der Waals surface area contributed by atoms with Gasteiger partial charge in [0.05, 0.1) is 5.56 Å². The summed E-state index contributed by atoms with van der Waals surface area (Å²) in [5, 5.41) is 12.0. The minimum atomic E-state index is -0.916. The fraction of sp³-hybridized carbons (Fsp3) is 0. The summed E-state index contributed by atoms with van der Waals surface area (Å²) in [4.78, 5) is 10.7. The zero-order valence-corrected chi connectivity index (χ0v) is 10.4. The SMILES string of the molecule is O=C(O)c1ccc(Nc2ccc(Br)cc2)cc1. The highest BCUT2D eigenvalue weighted by Crippen LogP contribution is 2.19. The maximum Gasteiger partial charge on any atom is 0.335 e. The van der Waals surface area contributed by atoms with Gasteiger partial charge in [0.15, 0.2) is 0 Å². The maximum absolute atomic E-state index is 10.7. The van der Waals surface area contributed by atoms with Crippen molar-refractivity contribution < 1.29 is 9.90 Å². The van der Waals surface area contributed by atoms with Crippen molar-refractivity contribution in [1.82, 2.24) is 0 Å². The average Bonchev–Trinajstić information content (AvgIpc) is 2.33. The highest BCUT2D eigenvalue weighted by Gasteiger charge is 2.01. The molecule has 0 heterocycles. The van der Waals surface area contributed by atoms with Crippen molar-refractivity contribution in [3.05, 3.63) is 58.6 Å². The van der Waals surface area contributed by atoms with Crippen molar-refractivity contribution in [2.45, 2.75) is 0 Å². The molecule has 2 N–H and O–H groups in total. The first-order valence-corrected chi connectivity index (χ1v) is 5.80. The van der Waals surface area contributed by atoms with Gasteiger partial charge in [0.2, 0.25) is 0 Å². The molecule has 4 heteroatoms. The number of anilines is 2. The molecule has 0 radical (unpaired) electrons. The first kappa shape index (κ1) is 11.7. The van der Waals surface area contributed by atoms with Crippen LogP contribution in [0.2, 0.25) is 0 Å². The molecule has 0 amide bonds. The van der Waals surface area contributed by atoms with Gasteiger partial charge in [-0.15, -0.1) is 0 Å². The smallest absolute Gasteiger partial charge is 0.335 e. The van der Waals surface area contributed by atoms with Crippen molar-refractivity contribution in [2.75, 3.05) is 5.32 Å². The van der Waals surface area contributed by atoms with Gasteiger partial charge in [-0.2, -0.15) is 0 Å². The third-order valence-electron chi connectivity index (χ3n) is 2.26. The van der Waals surface area contributed by atoms with Crippen molar-refractivity contribution in [2.24, 2.45) is 0 Å². The minimum absolute atomic E-state index is 0.284. The van der Waals surface area contributed by atoms with Gasteiger partial charge in [-0.05, 0) is 48.5 Å². The molecule has 0 unspecified atom stereocenters. The van der Waals surface area contributed by atoms with Crippen LogP contribution < -0.4 is 5.32 Å². The average molecular weight is 292 g/mol. The quantitative estimate of drug-likeness (QED) is 0.902. The molecule has 0 bridgehead atoms. The highest BCUT2D eigenvalue weighted by atomic mass is 79.9. The molecule has 0 aliphatic carbocycles. The van der Waals surface area contributed by atoms with Crippen LogP contribution in [0.15, 0.2) is 53.0 Å². The molecule has 0 atom stereocenters. The van der Waals surface area contributed by atoms with E-state index in [9.17, 15) is 4.79 Å². The third kappa shape index (κ3) is 3.07. The van der Waals surface area contributed by atoms with Crippen LogP contribution in [-0.2, 0) is 0 Å². The largest absolute Gasteiger partial charge is 0.478 e. The molecule has 3 nitrogen and oxygen atoms in total. The topological polar surface area (TPSA) is 49.3 Å². The molecule has 2 aromatic rings. The number of carbonyl (C=O) groups is 1. The van der Waals surface area contributed by atoms with E-state index < -0.39 is 5.97 Å². The predicted octanol–water partition coefficient (Wildman–Crippen LogP) is 3.89. The maximum atomic E-state index is 10.7. The Morgan fingerprint density at radius 1 is 0.941 bits per heavy atom. The fourth-order valence-electron chi connectivity index (χ4n) is 1.40. The summed E-state index contributed by atoms with van der Waals surface area (Å²) in [5.74, 6) is -0.916. The Morgan fingerprint density at radius 3 is 1.88 bits per heavy atom. The van der Waals surface area contributed by atoms with E-state index in [1.54, 1.807) is 24.3 Å². The van der Waals surface area contributed by atoms with Gasteiger partial charge in [0, 0.05) is 15.8 Å². The van der Waals surface area contributed by atoms with Crippen molar-refractivity contribution in [1.29, 1.82) is 0 Å². The summed E-state index contributed by atoms with van der Waals surface area (Å²) in [6.45, 7) is 0. The molecule has 0 aromatic heterocycles. The first-order chi connectivity index (χ1) is 8.15. The minimum Gasteiger partial charge on any atom is -0.478 e. The van der Waals surface area contributed by atoms with E-state index in [0.717, 1.165) is 15.8 Å². The van der Waals surface area contributed by atoms with Crippen LogP contribution in [0.5, 0.6) is 0 Å². The van der Waals surface area contributed by atoms with Crippen LogP contribution >= 0.6 is 15.9 Å². The number of nitrogens with one attached hydrogen (secondary N) is 1. The summed E-state index contributed by atoms with van der Waals surface area (Å²) in [6.07, 6.45) is 0. The monoisotopic (exact) mass is 291 g/mol. The molecule has 0 saturated carbocycles. The Hall–Kier alpha value is -1.81. The molecule has 0 aliphatic rings. The van der Waals surface area contributed by atoms with Gasteiger partial charge < -0.3 is 10.4 Å². The van der Waals surface area contributed by atoms with Gasteiger partial charge in [-0.1, -0.05) is 15.9 Å². The van der Waals surface area contributed by atoms with E-state index >= 15 is 0 Å². The van der Waals surface area contributed by atoms with Crippen molar-refractivity contribution >= 4 is 33.3 Å². The lowest BCUT2D eigenvalue weighted by Crippen LogP contribution is -1.96. The Kier molecular flexibility index (Phi) is 3.44. The third-order valence-corrected chi connectivity index (χ3v) is 2.79. The van der Waals surface area contributed by atoms with Gasteiger partial charge >= 0.3 is 5.97 Å². The van der Waals surface area contributed by atoms with Crippen LogP contribution in [0.3, 0.4) is 0 Å². The number of halogens is 1. The van der Waals surface area contributed by atoms with E-state index in [4.69, 9.17) is 5.11 Å². The second-order valence-electron chi connectivity index (χ2n) is 3.51. The highest BCUT2D eigenvalue weighted by molar-refractivity contribution is 9.10. The Labute approximate surface area is 107 Å². The number of hydrogen-bond acceptors (Lipinski definition) is 2. The summed E-state index contributed by atoms with van der Waals surface area (Å²) in [7, 11) is 0. The lowest BCUT2D eigenvalue weighted by atomic mass is 10.2. The standard InChI is InChI=1S/C13H10BrNO2/c14-10-3-7-12(8-4-10)15-11-5-1-9(2-6-11)13(16)17/h1-8,15H,(H,16,17). The van der Waals surface area contributed by atoms with E-state index in [-0.39, 0.29) is 5.56 Å². The molecule has 2 rings (SSSR count). The molecular weight excluding hydrogens is 282 g/mol. The van der Waals surface area contributed by atoms with Crippen LogP contribution in [0, 0.1) is 0 Å². The molecule has 0 spiro atoms. The molecule has 0 fully saturated rings. The Balaban J connectivity index is 2.13. The molecule has 17 heavy (non-hydrogen) atoms. The van der Waals surface area contributed by atoms with E-state index in [0.29, 0.717) is 0 Å². The van der Waals surface area contributed by atoms with Crippen molar-refractivity contribution in [3.63, 3.8) is 0 Å². The number of carboxylic acid groups (broad SMARTS) is 1. The first-order valence-electron chi connectivity index (χ1n) is 5.01. The Bertz CT molecular complexity index is 520. The number of carboxylic acids is 1. The number of aromatic carboxylic acids is 1. The van der Waals surface area contributed by atoms with Gasteiger partial charge in [-0.3, -0.25) is 0 Å². The summed E-state index contributed by atoms with van der Waals surface area (Å²) in [5.41, 5.74) is 2.10.